The molecular formula is C15H18F3N3. The van der Waals surface area contributed by atoms with Crippen LogP contribution in [0.1, 0.15) is 36.2 Å². The molecule has 21 heavy (non-hydrogen) atoms. The van der Waals surface area contributed by atoms with Gasteiger partial charge in [-0.25, -0.2) is 0 Å². The fraction of sp³-hybridized carbons (Fsp3) is 0.400. The third-order valence-electron chi connectivity index (χ3n) is 3.26. The second-order valence-corrected chi connectivity index (χ2v) is 5.02. The third kappa shape index (κ3) is 4.07. The Morgan fingerprint density at radius 3 is 2.38 bits per heavy atom. The lowest BCUT2D eigenvalue weighted by Gasteiger charge is -2.13. The zero-order chi connectivity index (χ0) is 15.5. The van der Waals surface area contributed by atoms with E-state index in [2.05, 4.69) is 12.0 Å². The highest BCUT2D eigenvalue weighted by molar-refractivity contribution is 5.25. The van der Waals surface area contributed by atoms with E-state index in [0.717, 1.165) is 24.5 Å². The lowest BCUT2D eigenvalue weighted by Crippen LogP contribution is -2.18. The molecule has 3 nitrogen and oxygen atoms in total. The van der Waals surface area contributed by atoms with Gasteiger partial charge in [-0.3, -0.25) is 4.68 Å². The molecule has 2 rings (SSSR count). The number of hydrogen-bond acceptors (Lipinski definition) is 2. The molecule has 2 aromatic rings. The Hall–Kier alpha value is -1.82. The molecule has 0 aliphatic carbocycles. The Bertz CT molecular complexity index is 573. The molecule has 1 aromatic heterocycles. The van der Waals surface area contributed by atoms with Crippen molar-refractivity contribution in [3.05, 3.63) is 53.3 Å². The SMILES string of the molecule is CCCc1ccc(C(N)Cn2ccc(C(F)(F)F)n2)cc1. The van der Waals surface area contributed by atoms with Crippen LogP contribution in [0.25, 0.3) is 0 Å². The number of aryl methyl sites for hydroxylation is 1. The Morgan fingerprint density at radius 1 is 1.19 bits per heavy atom. The van der Waals surface area contributed by atoms with Crippen molar-refractivity contribution in [2.45, 2.75) is 38.5 Å². The summed E-state index contributed by atoms with van der Waals surface area (Å²) < 4.78 is 38.6. The molecule has 2 N–H and O–H groups in total. The third-order valence-corrected chi connectivity index (χ3v) is 3.26. The van der Waals surface area contributed by atoms with Crippen LogP contribution in [-0.4, -0.2) is 9.78 Å². The van der Waals surface area contributed by atoms with Crippen LogP contribution in [0.3, 0.4) is 0 Å². The first-order chi connectivity index (χ1) is 9.90. The summed E-state index contributed by atoms with van der Waals surface area (Å²) in [7, 11) is 0. The van der Waals surface area contributed by atoms with Crippen molar-refractivity contribution < 1.29 is 13.2 Å². The van der Waals surface area contributed by atoms with E-state index in [1.54, 1.807) is 0 Å². The molecule has 0 bridgehead atoms. The predicted octanol–water partition coefficient (Wildman–Crippen LogP) is 3.55. The van der Waals surface area contributed by atoms with Crippen molar-refractivity contribution in [1.29, 1.82) is 0 Å². The highest BCUT2D eigenvalue weighted by atomic mass is 19.4. The smallest absolute Gasteiger partial charge is 0.322 e. The number of halogens is 3. The minimum atomic E-state index is -4.42. The summed E-state index contributed by atoms with van der Waals surface area (Å²) in [6, 6.07) is 8.41. The predicted molar refractivity (Wildman–Crippen MR) is 74.6 cm³/mol. The first kappa shape index (κ1) is 15.6. The summed E-state index contributed by atoms with van der Waals surface area (Å²) in [5, 5.41) is 3.51. The highest BCUT2D eigenvalue weighted by Crippen LogP contribution is 2.27. The molecule has 0 aliphatic heterocycles. The van der Waals surface area contributed by atoms with E-state index in [1.807, 2.05) is 24.3 Å². The topological polar surface area (TPSA) is 43.8 Å². The minimum absolute atomic E-state index is 0.212. The van der Waals surface area contributed by atoms with Crippen LogP contribution in [0.4, 0.5) is 13.2 Å². The lowest BCUT2D eigenvalue weighted by atomic mass is 10.0. The molecule has 1 atom stereocenters. The molecule has 0 saturated heterocycles. The number of rotatable bonds is 5. The monoisotopic (exact) mass is 297 g/mol. The molecule has 114 valence electrons. The van der Waals surface area contributed by atoms with Gasteiger partial charge < -0.3 is 5.73 Å². The van der Waals surface area contributed by atoms with Gasteiger partial charge in [0.15, 0.2) is 5.69 Å². The first-order valence-corrected chi connectivity index (χ1v) is 6.85. The van der Waals surface area contributed by atoms with Gasteiger partial charge in [0.05, 0.1) is 6.54 Å². The summed E-state index contributed by atoms with van der Waals surface area (Å²) in [6.07, 6.45) is -1.05. The minimum Gasteiger partial charge on any atom is -0.322 e. The van der Waals surface area contributed by atoms with E-state index in [4.69, 9.17) is 5.73 Å². The maximum atomic E-state index is 12.5. The van der Waals surface area contributed by atoms with Crippen molar-refractivity contribution in [3.8, 4) is 0 Å². The maximum Gasteiger partial charge on any atom is 0.435 e. The number of aromatic nitrogens is 2. The molecule has 0 radical (unpaired) electrons. The van der Waals surface area contributed by atoms with E-state index >= 15 is 0 Å². The summed E-state index contributed by atoms with van der Waals surface area (Å²) in [5.74, 6) is 0. The highest BCUT2D eigenvalue weighted by Gasteiger charge is 2.33. The molecule has 0 aliphatic rings. The largest absolute Gasteiger partial charge is 0.435 e. The van der Waals surface area contributed by atoms with Crippen LogP contribution in [0, 0.1) is 0 Å². The molecule has 6 heteroatoms. The quantitative estimate of drug-likeness (QED) is 0.917. The number of nitrogens with two attached hydrogens (primary N) is 1. The van der Waals surface area contributed by atoms with Crippen molar-refractivity contribution in [3.63, 3.8) is 0 Å². The standard InChI is InChI=1S/C15H18F3N3/c1-2-3-11-4-6-12(7-5-11)13(19)10-21-9-8-14(20-21)15(16,17)18/h4-9,13H,2-3,10,19H2,1H3. The molecule has 0 amide bonds. The lowest BCUT2D eigenvalue weighted by molar-refractivity contribution is -0.141. The van der Waals surface area contributed by atoms with Gasteiger partial charge >= 0.3 is 6.18 Å². The molecule has 0 spiro atoms. The maximum absolute atomic E-state index is 12.5. The summed E-state index contributed by atoms with van der Waals surface area (Å²) in [6.45, 7) is 2.32. The van der Waals surface area contributed by atoms with Gasteiger partial charge in [0.1, 0.15) is 0 Å². The Balaban J connectivity index is 2.03. The van der Waals surface area contributed by atoms with E-state index in [0.29, 0.717) is 0 Å². The fourth-order valence-corrected chi connectivity index (χ4v) is 2.14. The average molecular weight is 297 g/mol. The summed E-state index contributed by atoms with van der Waals surface area (Å²) in [4.78, 5) is 0. The number of nitrogens with zero attached hydrogens (tertiary/aromatic N) is 2. The van der Waals surface area contributed by atoms with Gasteiger partial charge in [0, 0.05) is 12.2 Å². The summed E-state index contributed by atoms with van der Waals surface area (Å²) in [5.41, 5.74) is 7.25. The van der Waals surface area contributed by atoms with Gasteiger partial charge in [0.25, 0.3) is 0 Å². The van der Waals surface area contributed by atoms with Crippen LogP contribution in [0.2, 0.25) is 0 Å². The van der Waals surface area contributed by atoms with E-state index in [1.165, 1.54) is 16.4 Å². The Kier molecular flexibility index (Phi) is 4.67. The van der Waals surface area contributed by atoms with Crippen molar-refractivity contribution in [2.75, 3.05) is 0 Å². The number of alkyl halides is 3. The van der Waals surface area contributed by atoms with Crippen LogP contribution in [-0.2, 0) is 19.1 Å². The zero-order valence-corrected chi connectivity index (χ0v) is 11.8. The number of benzene rings is 1. The van der Waals surface area contributed by atoms with Gasteiger partial charge in [-0.2, -0.15) is 18.3 Å². The molecule has 1 aromatic carbocycles. The van der Waals surface area contributed by atoms with Gasteiger partial charge in [0.2, 0.25) is 0 Å². The van der Waals surface area contributed by atoms with Crippen molar-refractivity contribution in [2.24, 2.45) is 5.73 Å². The molecule has 0 fully saturated rings. The Labute approximate surface area is 121 Å². The zero-order valence-electron chi connectivity index (χ0n) is 11.8. The first-order valence-electron chi connectivity index (χ1n) is 6.85. The van der Waals surface area contributed by atoms with Crippen LogP contribution >= 0.6 is 0 Å². The van der Waals surface area contributed by atoms with Crippen LogP contribution in [0.5, 0.6) is 0 Å². The van der Waals surface area contributed by atoms with Gasteiger partial charge in [-0.05, 0) is 23.6 Å². The van der Waals surface area contributed by atoms with E-state index in [9.17, 15) is 13.2 Å². The molecule has 1 unspecified atom stereocenters. The molecular weight excluding hydrogens is 279 g/mol. The summed E-state index contributed by atoms with van der Waals surface area (Å²) >= 11 is 0. The number of hydrogen-bond donors (Lipinski definition) is 1. The second-order valence-electron chi connectivity index (χ2n) is 5.02. The van der Waals surface area contributed by atoms with Crippen LogP contribution < -0.4 is 5.73 Å². The Morgan fingerprint density at radius 2 is 1.86 bits per heavy atom. The molecule has 0 saturated carbocycles. The average Bonchev–Trinajstić information content (AvgIpc) is 2.88. The molecule has 1 heterocycles. The van der Waals surface area contributed by atoms with E-state index in [-0.39, 0.29) is 12.6 Å². The normalized spacial score (nSPS) is 13.4. The van der Waals surface area contributed by atoms with Gasteiger partial charge in [-0.1, -0.05) is 37.6 Å². The fourth-order valence-electron chi connectivity index (χ4n) is 2.14. The van der Waals surface area contributed by atoms with Gasteiger partial charge in [-0.15, -0.1) is 0 Å². The second kappa shape index (κ2) is 6.30. The van der Waals surface area contributed by atoms with Crippen molar-refractivity contribution >= 4 is 0 Å². The van der Waals surface area contributed by atoms with Crippen LogP contribution in [0.15, 0.2) is 36.5 Å². The van der Waals surface area contributed by atoms with Crippen molar-refractivity contribution in [1.82, 2.24) is 9.78 Å². The van der Waals surface area contributed by atoms with E-state index < -0.39 is 11.9 Å².